The average molecular weight is 653 g/mol. The molecule has 7 N–H and O–H groups in total. The topological polar surface area (TPSA) is 234 Å². The maximum atomic E-state index is 12.2. The van der Waals surface area contributed by atoms with Crippen LogP contribution in [0.4, 0.5) is 5.69 Å². The number of nitrogens with two attached hydrogens (primary N) is 1. The number of carboxylic acid groups (broad SMARTS) is 1. The molecule has 0 aliphatic carbocycles. The Bertz CT molecular complexity index is 1150. The molecule has 1 aliphatic heterocycles. The highest BCUT2D eigenvalue weighted by Crippen LogP contribution is 2.19. The third kappa shape index (κ3) is 20.2. The van der Waals surface area contributed by atoms with Crippen LogP contribution in [0.15, 0.2) is 36.4 Å². The van der Waals surface area contributed by atoms with E-state index >= 15 is 0 Å². The monoisotopic (exact) mass is 652 g/mol. The van der Waals surface area contributed by atoms with Gasteiger partial charge in [0.1, 0.15) is 6.04 Å². The summed E-state index contributed by atoms with van der Waals surface area (Å²) >= 11 is 0. The predicted octanol–water partition coefficient (Wildman–Crippen LogP) is -0.368. The highest BCUT2D eigenvalue weighted by Gasteiger charge is 2.25. The second-order valence-electron chi connectivity index (χ2n) is 9.43. The summed E-state index contributed by atoms with van der Waals surface area (Å²) in [7, 11) is 3.91. The largest absolute Gasteiger partial charge is 0.481 e. The normalized spacial score (nSPS) is 11.8. The van der Waals surface area contributed by atoms with Gasteiger partial charge in [-0.25, -0.2) is 4.90 Å². The molecule has 6 amide bonds. The lowest BCUT2D eigenvalue weighted by atomic mass is 10.0. The molecule has 15 nitrogen and oxygen atoms in total. The molecule has 2 atom stereocenters. The Hall–Kier alpha value is -4.49. The number of imide groups is 1. The van der Waals surface area contributed by atoms with Crippen LogP contribution in [-0.4, -0.2) is 85.3 Å². The van der Waals surface area contributed by atoms with Crippen LogP contribution in [0.3, 0.4) is 0 Å². The first-order valence-corrected chi connectivity index (χ1v) is 14.5. The lowest BCUT2D eigenvalue weighted by Crippen LogP contribution is -2.52. The summed E-state index contributed by atoms with van der Waals surface area (Å²) in [5.41, 5.74) is 4.90. The fraction of sp³-hybridized carbons (Fsp3) is 0.448. The fourth-order valence-electron chi connectivity index (χ4n) is 3.14. The minimum absolute atomic E-state index is 0.0158. The lowest BCUT2D eigenvalue weighted by Gasteiger charge is -2.21. The first-order valence-electron chi connectivity index (χ1n) is 14.0. The number of carboxylic acids is 1. The van der Waals surface area contributed by atoms with Crippen LogP contribution >= 0.6 is 9.24 Å². The number of carbonyl (C=O) groups is 8. The Labute approximate surface area is 265 Å². The molecule has 0 bridgehead atoms. The molecule has 0 saturated carbocycles. The van der Waals surface area contributed by atoms with E-state index in [1.54, 1.807) is 45.0 Å². The van der Waals surface area contributed by atoms with Crippen molar-refractivity contribution in [2.45, 2.75) is 53.0 Å². The number of rotatable bonds is 13. The molecule has 0 saturated heterocycles. The summed E-state index contributed by atoms with van der Waals surface area (Å²) < 4.78 is 0. The van der Waals surface area contributed by atoms with Crippen molar-refractivity contribution in [2.75, 3.05) is 31.6 Å². The standard InChI is InChI=1S/C21H25N4O6P.C4H11N.C3H6O2.CH3NO/c1-12(2)20(21(31)23-11-19(30)32)24-16(27)10-22-15(26)9-13-3-5-14(6-4-13)25-17(28)7-8-18(25)29;1-3-4-5-2;1-2-3(4)5;2-1-3/h3-8,12,20H,9-11,32H2,1-2H3,(H,22,26)(H,23,31)(H,24,27);5H,3-4H2,1-2H3;2H2,1H3,(H,4,5);1H,(H2,2,3). The van der Waals surface area contributed by atoms with Gasteiger partial charge in [0.25, 0.3) is 11.8 Å². The molecule has 0 aromatic heterocycles. The van der Waals surface area contributed by atoms with Crippen LogP contribution in [0.5, 0.6) is 0 Å². The van der Waals surface area contributed by atoms with Crippen molar-refractivity contribution in [1.29, 1.82) is 0 Å². The van der Waals surface area contributed by atoms with Crippen molar-refractivity contribution in [3.8, 4) is 0 Å². The Morgan fingerprint density at radius 3 is 1.84 bits per heavy atom. The molecule has 0 spiro atoms. The summed E-state index contributed by atoms with van der Waals surface area (Å²) in [4.78, 5) is 89.8. The number of primary amides is 1. The Morgan fingerprint density at radius 1 is 0.956 bits per heavy atom. The van der Waals surface area contributed by atoms with E-state index in [-0.39, 0.29) is 43.8 Å². The molecule has 2 unspecified atom stereocenters. The average Bonchev–Trinajstić information content (AvgIpc) is 3.32. The van der Waals surface area contributed by atoms with Crippen LogP contribution < -0.4 is 31.9 Å². The van der Waals surface area contributed by atoms with E-state index in [9.17, 15) is 33.6 Å². The van der Waals surface area contributed by atoms with Gasteiger partial charge >= 0.3 is 5.97 Å². The van der Waals surface area contributed by atoms with Gasteiger partial charge in [-0.05, 0) is 43.6 Å². The first-order chi connectivity index (χ1) is 21.2. The fourth-order valence-corrected chi connectivity index (χ4v) is 3.24. The van der Waals surface area contributed by atoms with E-state index in [2.05, 4.69) is 33.9 Å². The predicted molar refractivity (Wildman–Crippen MR) is 172 cm³/mol. The highest BCUT2D eigenvalue weighted by atomic mass is 31.0. The summed E-state index contributed by atoms with van der Waals surface area (Å²) in [6, 6.07) is 5.50. The minimum Gasteiger partial charge on any atom is -0.481 e. The van der Waals surface area contributed by atoms with Gasteiger partial charge in [-0.15, -0.1) is 0 Å². The summed E-state index contributed by atoms with van der Waals surface area (Å²) in [6.07, 6.45) is 4.06. The van der Waals surface area contributed by atoms with Crippen molar-refractivity contribution >= 4 is 62.4 Å². The zero-order chi connectivity index (χ0) is 34.9. The zero-order valence-electron chi connectivity index (χ0n) is 26.3. The van der Waals surface area contributed by atoms with Crippen LogP contribution in [0.1, 0.15) is 46.1 Å². The van der Waals surface area contributed by atoms with E-state index in [1.807, 2.05) is 16.3 Å². The molecular weight excluding hydrogens is 607 g/mol. The van der Waals surface area contributed by atoms with Gasteiger partial charge in [0, 0.05) is 18.6 Å². The summed E-state index contributed by atoms with van der Waals surface area (Å²) in [5, 5.41) is 18.2. The van der Waals surface area contributed by atoms with Crippen molar-refractivity contribution in [1.82, 2.24) is 21.3 Å². The maximum Gasteiger partial charge on any atom is 0.303 e. The second-order valence-corrected chi connectivity index (χ2v) is 10.1. The maximum absolute atomic E-state index is 12.2. The molecule has 45 heavy (non-hydrogen) atoms. The van der Waals surface area contributed by atoms with E-state index in [0.717, 1.165) is 11.4 Å². The van der Waals surface area contributed by atoms with Crippen LogP contribution in [0.2, 0.25) is 0 Å². The molecule has 2 rings (SSSR count). The first kappa shape index (κ1) is 42.6. The van der Waals surface area contributed by atoms with Crippen LogP contribution in [-0.2, 0) is 44.8 Å². The minimum atomic E-state index is -0.846. The third-order valence-electron chi connectivity index (χ3n) is 5.32. The third-order valence-corrected chi connectivity index (χ3v) is 5.52. The smallest absolute Gasteiger partial charge is 0.303 e. The van der Waals surface area contributed by atoms with Gasteiger partial charge in [0.05, 0.1) is 25.2 Å². The number of hydrogen-bond acceptors (Lipinski definition) is 9. The van der Waals surface area contributed by atoms with E-state index in [4.69, 9.17) is 9.90 Å². The van der Waals surface area contributed by atoms with Crippen molar-refractivity contribution in [3.05, 3.63) is 42.0 Å². The number of benzene rings is 1. The van der Waals surface area contributed by atoms with Crippen LogP contribution in [0.25, 0.3) is 0 Å². The number of carbonyl (C=O) groups excluding carboxylic acids is 7. The summed E-state index contributed by atoms with van der Waals surface area (Å²) in [6.45, 7) is 7.90. The molecule has 0 fully saturated rings. The Kier molecular flexibility index (Phi) is 23.6. The van der Waals surface area contributed by atoms with Gasteiger partial charge in [-0.3, -0.25) is 38.4 Å². The van der Waals surface area contributed by atoms with Gasteiger partial charge in [0.15, 0.2) is 5.52 Å². The number of nitrogens with zero attached hydrogens (tertiary/aromatic N) is 1. The van der Waals surface area contributed by atoms with Crippen molar-refractivity contribution in [3.63, 3.8) is 0 Å². The highest BCUT2D eigenvalue weighted by molar-refractivity contribution is 7.40. The van der Waals surface area contributed by atoms with E-state index in [0.29, 0.717) is 11.3 Å². The SMILES string of the molecule is CC(C)C(NC(=O)CNC(=O)Cc1ccc(N2C(=O)C=CC2=O)cc1)C(=O)NCC(=O)P.CCC(=O)O.CCCNC.NC=O. The van der Waals surface area contributed by atoms with E-state index < -0.39 is 41.5 Å². The van der Waals surface area contributed by atoms with Crippen molar-refractivity contribution in [2.24, 2.45) is 11.7 Å². The molecule has 1 aliphatic rings. The zero-order valence-corrected chi connectivity index (χ0v) is 27.4. The van der Waals surface area contributed by atoms with E-state index in [1.165, 1.54) is 18.6 Å². The second kappa shape index (κ2) is 24.9. The molecular formula is C29H45N6O9P. The summed E-state index contributed by atoms with van der Waals surface area (Å²) in [5.74, 6) is -3.27. The molecule has 0 radical (unpaired) electrons. The molecule has 1 aromatic rings. The quantitative estimate of drug-likeness (QED) is 0.0919. The van der Waals surface area contributed by atoms with Crippen LogP contribution in [0, 0.1) is 5.92 Å². The molecule has 16 heteroatoms. The van der Waals surface area contributed by atoms with Gasteiger partial charge < -0.3 is 32.1 Å². The Morgan fingerprint density at radius 2 is 1.47 bits per heavy atom. The molecule has 1 heterocycles. The number of hydrogen-bond donors (Lipinski definition) is 6. The number of amides is 6. The van der Waals surface area contributed by atoms with Gasteiger partial charge in [-0.2, -0.15) is 0 Å². The molecule has 250 valence electrons. The van der Waals surface area contributed by atoms with Crippen molar-refractivity contribution < 1.29 is 43.5 Å². The lowest BCUT2D eigenvalue weighted by molar-refractivity contribution is -0.136. The number of aliphatic carboxylic acids is 1. The Balaban J connectivity index is 0. The molecule has 1 aromatic carbocycles. The number of nitrogens with one attached hydrogen (secondary N) is 4. The number of anilines is 1. The van der Waals surface area contributed by atoms with Gasteiger partial charge in [-0.1, -0.05) is 49.1 Å². The van der Waals surface area contributed by atoms with Gasteiger partial charge in [0.2, 0.25) is 24.1 Å².